The standard InChI is InChI=1S/C25H21N3O3S/c1-2-30-15-14-28-24(29)23(32-25(28)27-20-6-4-3-5-7-20)16-21-12-13-22(31-21)19-10-8-18(17-26)9-11-19/h3-13,16H,2,14-15H2,1H3/b23-16+,27-25?. The van der Waals surface area contributed by atoms with Crippen LogP contribution in [0.5, 0.6) is 0 Å². The first kappa shape index (κ1) is 21.6. The van der Waals surface area contributed by atoms with Gasteiger partial charge in [0.05, 0.1) is 35.4 Å². The van der Waals surface area contributed by atoms with Gasteiger partial charge in [0.1, 0.15) is 11.5 Å². The van der Waals surface area contributed by atoms with Crippen molar-refractivity contribution in [3.05, 3.63) is 83.0 Å². The normalized spacial score (nSPS) is 16.1. The van der Waals surface area contributed by atoms with Gasteiger partial charge in [-0.05, 0) is 67.2 Å². The number of para-hydroxylation sites is 1. The molecule has 0 aliphatic carbocycles. The molecule has 1 saturated heterocycles. The van der Waals surface area contributed by atoms with Crippen molar-refractivity contribution in [2.45, 2.75) is 6.92 Å². The molecule has 6 nitrogen and oxygen atoms in total. The van der Waals surface area contributed by atoms with E-state index in [4.69, 9.17) is 14.4 Å². The number of carbonyl (C=O) groups is 1. The molecule has 1 aliphatic heterocycles. The molecule has 32 heavy (non-hydrogen) atoms. The van der Waals surface area contributed by atoms with Crippen LogP contribution in [-0.4, -0.2) is 35.7 Å². The quantitative estimate of drug-likeness (QED) is 0.358. The fraction of sp³-hybridized carbons (Fsp3) is 0.160. The van der Waals surface area contributed by atoms with Crippen LogP contribution in [0.15, 0.2) is 81.0 Å². The summed E-state index contributed by atoms with van der Waals surface area (Å²) >= 11 is 1.32. The van der Waals surface area contributed by atoms with Crippen molar-refractivity contribution in [3.63, 3.8) is 0 Å². The third kappa shape index (κ3) is 4.99. The highest BCUT2D eigenvalue weighted by atomic mass is 32.2. The number of amidine groups is 1. The van der Waals surface area contributed by atoms with Gasteiger partial charge in [-0.15, -0.1) is 0 Å². The van der Waals surface area contributed by atoms with Crippen molar-refractivity contribution >= 4 is 34.6 Å². The lowest BCUT2D eigenvalue weighted by Crippen LogP contribution is -2.32. The van der Waals surface area contributed by atoms with Crippen molar-refractivity contribution in [1.29, 1.82) is 5.26 Å². The molecule has 1 aliphatic rings. The van der Waals surface area contributed by atoms with Gasteiger partial charge in [0.25, 0.3) is 5.91 Å². The zero-order valence-electron chi connectivity index (χ0n) is 17.5. The Labute approximate surface area is 190 Å². The maximum Gasteiger partial charge on any atom is 0.266 e. The molecule has 2 heterocycles. The topological polar surface area (TPSA) is 78.8 Å². The lowest BCUT2D eigenvalue weighted by Gasteiger charge is -2.15. The molecule has 1 fully saturated rings. The summed E-state index contributed by atoms with van der Waals surface area (Å²) in [7, 11) is 0. The number of carbonyl (C=O) groups excluding carboxylic acids is 1. The molecule has 7 heteroatoms. The first-order valence-corrected chi connectivity index (χ1v) is 11.0. The summed E-state index contributed by atoms with van der Waals surface area (Å²) in [5, 5.41) is 9.57. The SMILES string of the molecule is CCOCCN1C(=O)/C(=C\c2ccc(-c3ccc(C#N)cc3)o2)SC1=Nc1ccccc1. The number of benzene rings is 2. The van der Waals surface area contributed by atoms with Crippen LogP contribution < -0.4 is 0 Å². The maximum absolute atomic E-state index is 13.1. The third-order valence-corrected chi connectivity index (χ3v) is 5.74. The number of aliphatic imine (C=N–C) groups is 1. The Morgan fingerprint density at radius 3 is 2.62 bits per heavy atom. The van der Waals surface area contributed by atoms with Crippen LogP contribution in [0.1, 0.15) is 18.2 Å². The molecule has 3 aromatic rings. The van der Waals surface area contributed by atoms with Crippen LogP contribution in [-0.2, 0) is 9.53 Å². The van der Waals surface area contributed by atoms with Crippen LogP contribution in [0.3, 0.4) is 0 Å². The van der Waals surface area contributed by atoms with Crippen molar-refractivity contribution < 1.29 is 13.9 Å². The smallest absolute Gasteiger partial charge is 0.266 e. The van der Waals surface area contributed by atoms with E-state index in [0.717, 1.165) is 11.3 Å². The Kier molecular flexibility index (Phi) is 6.85. The molecule has 0 bridgehead atoms. The second-order valence-electron chi connectivity index (χ2n) is 6.89. The summed E-state index contributed by atoms with van der Waals surface area (Å²) < 4.78 is 11.4. The highest BCUT2D eigenvalue weighted by molar-refractivity contribution is 8.18. The monoisotopic (exact) mass is 443 g/mol. The molecule has 0 atom stereocenters. The fourth-order valence-electron chi connectivity index (χ4n) is 3.13. The largest absolute Gasteiger partial charge is 0.457 e. The van der Waals surface area contributed by atoms with E-state index in [1.54, 1.807) is 23.1 Å². The second kappa shape index (κ2) is 10.1. The molecule has 2 aromatic carbocycles. The molecule has 1 amide bonds. The molecule has 0 radical (unpaired) electrons. The molecule has 1 aromatic heterocycles. The fourth-order valence-corrected chi connectivity index (χ4v) is 4.13. The van der Waals surface area contributed by atoms with E-state index in [0.29, 0.717) is 46.9 Å². The van der Waals surface area contributed by atoms with Gasteiger partial charge >= 0.3 is 0 Å². The molecule has 0 spiro atoms. The van der Waals surface area contributed by atoms with E-state index in [-0.39, 0.29) is 5.91 Å². The van der Waals surface area contributed by atoms with E-state index in [2.05, 4.69) is 11.1 Å². The van der Waals surface area contributed by atoms with Crippen LogP contribution >= 0.6 is 11.8 Å². The van der Waals surface area contributed by atoms with Crippen molar-refractivity contribution in [3.8, 4) is 17.4 Å². The van der Waals surface area contributed by atoms with Crippen LogP contribution in [0.4, 0.5) is 5.69 Å². The second-order valence-corrected chi connectivity index (χ2v) is 7.89. The Morgan fingerprint density at radius 2 is 1.91 bits per heavy atom. The number of thioether (sulfide) groups is 1. The minimum absolute atomic E-state index is 0.124. The van der Waals surface area contributed by atoms with Gasteiger partial charge in [-0.3, -0.25) is 9.69 Å². The summed E-state index contributed by atoms with van der Waals surface area (Å²) in [5.41, 5.74) is 2.24. The highest BCUT2D eigenvalue weighted by Crippen LogP contribution is 2.35. The molecular weight excluding hydrogens is 422 g/mol. The summed E-state index contributed by atoms with van der Waals surface area (Å²) in [6.07, 6.45) is 1.74. The molecule has 160 valence electrons. The maximum atomic E-state index is 13.1. The van der Waals surface area contributed by atoms with Gasteiger partial charge in [0.15, 0.2) is 5.17 Å². The number of amides is 1. The van der Waals surface area contributed by atoms with Gasteiger partial charge in [0, 0.05) is 18.2 Å². The van der Waals surface area contributed by atoms with Gasteiger partial charge in [-0.25, -0.2) is 4.99 Å². The number of nitriles is 1. The summed E-state index contributed by atoms with van der Waals surface area (Å²) in [4.78, 5) is 19.9. The molecule has 0 N–H and O–H groups in total. The Hall–Kier alpha value is -3.60. The summed E-state index contributed by atoms with van der Waals surface area (Å²) in [6, 6.07) is 22.5. The predicted molar refractivity (Wildman–Crippen MR) is 126 cm³/mol. The predicted octanol–water partition coefficient (Wildman–Crippen LogP) is 5.46. The van der Waals surface area contributed by atoms with Gasteiger partial charge in [0.2, 0.25) is 0 Å². The van der Waals surface area contributed by atoms with Crippen molar-refractivity contribution in [2.75, 3.05) is 19.8 Å². The van der Waals surface area contributed by atoms with Crippen LogP contribution in [0, 0.1) is 11.3 Å². The number of nitrogens with zero attached hydrogens (tertiary/aromatic N) is 3. The lowest BCUT2D eigenvalue weighted by molar-refractivity contribution is -0.122. The minimum atomic E-state index is -0.124. The van der Waals surface area contributed by atoms with E-state index in [1.165, 1.54) is 11.8 Å². The van der Waals surface area contributed by atoms with Crippen molar-refractivity contribution in [1.82, 2.24) is 4.90 Å². The number of furan rings is 1. The number of rotatable bonds is 7. The Balaban J connectivity index is 1.58. The van der Waals surface area contributed by atoms with Gasteiger partial charge in [-0.2, -0.15) is 5.26 Å². The first-order valence-electron chi connectivity index (χ1n) is 10.2. The van der Waals surface area contributed by atoms with E-state index in [9.17, 15) is 4.79 Å². The third-order valence-electron chi connectivity index (χ3n) is 4.73. The van der Waals surface area contributed by atoms with E-state index >= 15 is 0 Å². The Bertz CT molecular complexity index is 1190. The first-order chi connectivity index (χ1) is 15.7. The Morgan fingerprint density at radius 1 is 1.12 bits per heavy atom. The average molecular weight is 444 g/mol. The zero-order valence-corrected chi connectivity index (χ0v) is 18.3. The number of ether oxygens (including phenoxy) is 1. The lowest BCUT2D eigenvalue weighted by atomic mass is 10.1. The summed E-state index contributed by atoms with van der Waals surface area (Å²) in [6.45, 7) is 3.38. The molecular formula is C25H21N3O3S. The minimum Gasteiger partial charge on any atom is -0.457 e. The van der Waals surface area contributed by atoms with E-state index in [1.807, 2.05) is 61.5 Å². The van der Waals surface area contributed by atoms with Crippen LogP contribution in [0.2, 0.25) is 0 Å². The van der Waals surface area contributed by atoms with Gasteiger partial charge in [-0.1, -0.05) is 18.2 Å². The molecule has 4 rings (SSSR count). The van der Waals surface area contributed by atoms with Gasteiger partial charge < -0.3 is 9.15 Å². The average Bonchev–Trinajstić information content (AvgIpc) is 3.40. The molecule has 0 saturated carbocycles. The molecule has 0 unspecified atom stereocenters. The number of hydrogen-bond acceptors (Lipinski definition) is 6. The highest BCUT2D eigenvalue weighted by Gasteiger charge is 2.33. The van der Waals surface area contributed by atoms with Crippen LogP contribution in [0.25, 0.3) is 17.4 Å². The number of hydrogen-bond donors (Lipinski definition) is 0. The zero-order chi connectivity index (χ0) is 22.3. The summed E-state index contributed by atoms with van der Waals surface area (Å²) in [5.74, 6) is 1.12. The van der Waals surface area contributed by atoms with Crippen molar-refractivity contribution in [2.24, 2.45) is 4.99 Å². The van der Waals surface area contributed by atoms with E-state index < -0.39 is 0 Å².